The van der Waals surface area contributed by atoms with Gasteiger partial charge in [0.1, 0.15) is 0 Å². The van der Waals surface area contributed by atoms with E-state index in [1.807, 2.05) is 5.38 Å². The number of methoxy groups -OCH3 is 1. The van der Waals surface area contributed by atoms with Gasteiger partial charge >= 0.3 is 5.97 Å². The Morgan fingerprint density at radius 3 is 3.20 bits per heavy atom. The summed E-state index contributed by atoms with van der Waals surface area (Å²) < 4.78 is 4.63. The highest BCUT2D eigenvalue weighted by molar-refractivity contribution is 7.13. The fourth-order valence-corrected chi connectivity index (χ4v) is 3.19. The number of ether oxygens (including phenoxy) is 1. The van der Waals surface area contributed by atoms with E-state index in [1.54, 1.807) is 11.3 Å². The van der Waals surface area contributed by atoms with E-state index in [2.05, 4.69) is 26.9 Å². The Labute approximate surface area is 124 Å². The monoisotopic (exact) mass is 297 g/mol. The van der Waals surface area contributed by atoms with E-state index in [1.165, 1.54) is 26.6 Å². The van der Waals surface area contributed by atoms with Crippen LogP contribution in [0.2, 0.25) is 0 Å². The zero-order valence-electron chi connectivity index (χ0n) is 12.2. The first-order valence-electron chi connectivity index (χ1n) is 7.18. The van der Waals surface area contributed by atoms with E-state index in [0.717, 1.165) is 29.8 Å². The predicted octanol–water partition coefficient (Wildman–Crippen LogP) is 2.00. The summed E-state index contributed by atoms with van der Waals surface area (Å²) in [5.74, 6) is 0.537. The van der Waals surface area contributed by atoms with E-state index in [9.17, 15) is 4.79 Å². The molecule has 0 saturated carbocycles. The van der Waals surface area contributed by atoms with Crippen LogP contribution in [0.1, 0.15) is 25.5 Å². The Kier molecular flexibility index (Phi) is 5.79. The molecule has 1 fully saturated rings. The second-order valence-corrected chi connectivity index (χ2v) is 6.01. The highest BCUT2D eigenvalue weighted by Crippen LogP contribution is 2.20. The number of nitrogens with one attached hydrogen (secondary N) is 1. The molecular weight excluding hydrogens is 274 g/mol. The molecule has 6 heteroatoms. The minimum absolute atomic E-state index is 0.182. The van der Waals surface area contributed by atoms with Gasteiger partial charge in [-0.1, -0.05) is 6.92 Å². The van der Waals surface area contributed by atoms with Crippen molar-refractivity contribution in [1.82, 2.24) is 9.88 Å². The van der Waals surface area contributed by atoms with Crippen LogP contribution in [0.3, 0.4) is 0 Å². The molecule has 1 atom stereocenters. The number of aromatic nitrogens is 1. The van der Waals surface area contributed by atoms with E-state index in [4.69, 9.17) is 0 Å². The van der Waals surface area contributed by atoms with Gasteiger partial charge in [-0.3, -0.25) is 4.79 Å². The van der Waals surface area contributed by atoms with E-state index in [0.29, 0.717) is 12.8 Å². The number of hydrogen-bond acceptors (Lipinski definition) is 6. The first-order valence-corrected chi connectivity index (χ1v) is 8.06. The second-order valence-electron chi connectivity index (χ2n) is 5.15. The molecule has 5 nitrogen and oxygen atoms in total. The molecule has 0 aromatic carbocycles. The molecule has 1 aliphatic heterocycles. The number of thiazole rings is 1. The van der Waals surface area contributed by atoms with Gasteiger partial charge in [-0.2, -0.15) is 0 Å². The first kappa shape index (κ1) is 15.3. The minimum atomic E-state index is -0.182. The maximum Gasteiger partial charge on any atom is 0.305 e. The van der Waals surface area contributed by atoms with Crippen molar-refractivity contribution in [2.75, 3.05) is 38.6 Å². The number of carbonyl (C=O) groups excluding carboxylic acids is 1. The molecule has 1 N–H and O–H groups in total. The molecule has 2 heterocycles. The molecule has 0 spiro atoms. The summed E-state index contributed by atoms with van der Waals surface area (Å²) in [6.07, 6.45) is 2.31. The van der Waals surface area contributed by atoms with E-state index in [-0.39, 0.29) is 5.97 Å². The Morgan fingerprint density at radius 1 is 1.65 bits per heavy atom. The van der Waals surface area contributed by atoms with Crippen molar-refractivity contribution in [2.45, 2.75) is 26.2 Å². The zero-order chi connectivity index (χ0) is 14.4. The standard InChI is InChI=1S/C14H23N3O2S/c1-3-17-7-6-11(9-17)8-15-14-16-12(10-20-14)4-5-13(18)19-2/h10-11H,3-9H2,1-2H3,(H,15,16). The molecule has 0 aliphatic carbocycles. The summed E-state index contributed by atoms with van der Waals surface area (Å²) in [6.45, 7) is 6.74. The number of rotatable bonds is 7. The van der Waals surface area contributed by atoms with Crippen LogP contribution in [-0.4, -0.2) is 49.1 Å². The molecule has 1 aromatic heterocycles. The lowest BCUT2D eigenvalue weighted by molar-refractivity contribution is -0.140. The molecule has 1 aliphatic rings. The van der Waals surface area contributed by atoms with Gasteiger partial charge in [0.05, 0.1) is 19.2 Å². The number of esters is 1. The van der Waals surface area contributed by atoms with Crippen molar-refractivity contribution in [3.05, 3.63) is 11.1 Å². The number of hydrogen-bond donors (Lipinski definition) is 1. The molecule has 1 aromatic rings. The molecule has 112 valence electrons. The third-order valence-corrected chi connectivity index (χ3v) is 4.57. The summed E-state index contributed by atoms with van der Waals surface area (Å²) in [5, 5.41) is 6.39. The predicted molar refractivity (Wildman–Crippen MR) is 81.2 cm³/mol. The normalized spacial score (nSPS) is 19.2. The number of aryl methyl sites for hydroxylation is 1. The van der Waals surface area contributed by atoms with Gasteiger partial charge < -0.3 is 15.0 Å². The highest BCUT2D eigenvalue weighted by atomic mass is 32.1. The molecule has 1 unspecified atom stereocenters. The molecular formula is C14H23N3O2S. The van der Waals surface area contributed by atoms with Crippen LogP contribution in [0.5, 0.6) is 0 Å². The van der Waals surface area contributed by atoms with Gasteiger partial charge in [0.2, 0.25) is 0 Å². The average Bonchev–Trinajstić information content (AvgIpc) is 3.11. The Hall–Kier alpha value is -1.14. The summed E-state index contributed by atoms with van der Waals surface area (Å²) in [5.41, 5.74) is 0.963. The average molecular weight is 297 g/mol. The van der Waals surface area contributed by atoms with Crippen molar-refractivity contribution >= 4 is 22.4 Å². The van der Waals surface area contributed by atoms with Gasteiger partial charge in [0.15, 0.2) is 5.13 Å². The van der Waals surface area contributed by atoms with Crippen molar-refractivity contribution in [3.8, 4) is 0 Å². The van der Waals surface area contributed by atoms with Crippen molar-refractivity contribution in [2.24, 2.45) is 5.92 Å². The second kappa shape index (κ2) is 7.59. The largest absolute Gasteiger partial charge is 0.469 e. The van der Waals surface area contributed by atoms with Gasteiger partial charge in [0.25, 0.3) is 0 Å². The molecule has 1 saturated heterocycles. The Balaban J connectivity index is 1.71. The summed E-state index contributed by atoms with van der Waals surface area (Å²) >= 11 is 1.61. The lowest BCUT2D eigenvalue weighted by Crippen LogP contribution is -2.22. The number of carbonyl (C=O) groups is 1. The number of anilines is 1. The summed E-state index contributed by atoms with van der Waals surface area (Å²) in [4.78, 5) is 18.1. The smallest absolute Gasteiger partial charge is 0.305 e. The Bertz CT molecular complexity index is 436. The van der Waals surface area contributed by atoms with Gasteiger partial charge in [-0.25, -0.2) is 4.98 Å². The highest BCUT2D eigenvalue weighted by Gasteiger charge is 2.20. The summed E-state index contributed by atoms with van der Waals surface area (Å²) in [6, 6.07) is 0. The zero-order valence-corrected chi connectivity index (χ0v) is 13.0. The fourth-order valence-electron chi connectivity index (χ4n) is 2.43. The maximum absolute atomic E-state index is 11.1. The molecule has 20 heavy (non-hydrogen) atoms. The minimum Gasteiger partial charge on any atom is -0.469 e. The third kappa shape index (κ3) is 4.45. The SMILES string of the molecule is CCN1CCC(CNc2nc(CCC(=O)OC)cs2)C1. The number of nitrogens with zero attached hydrogens (tertiary/aromatic N) is 2. The van der Waals surface area contributed by atoms with Gasteiger partial charge in [-0.05, 0) is 25.4 Å². The topological polar surface area (TPSA) is 54.5 Å². The van der Waals surface area contributed by atoms with Crippen molar-refractivity contribution in [1.29, 1.82) is 0 Å². The van der Waals surface area contributed by atoms with Crippen LogP contribution in [0.15, 0.2) is 5.38 Å². The van der Waals surface area contributed by atoms with Gasteiger partial charge in [-0.15, -0.1) is 11.3 Å². The van der Waals surface area contributed by atoms with Gasteiger partial charge in [0, 0.05) is 24.9 Å². The van der Waals surface area contributed by atoms with Crippen LogP contribution in [-0.2, 0) is 16.0 Å². The lowest BCUT2D eigenvalue weighted by atomic mass is 10.1. The molecule has 0 bridgehead atoms. The van der Waals surface area contributed by atoms with E-state index >= 15 is 0 Å². The Morgan fingerprint density at radius 2 is 2.50 bits per heavy atom. The van der Waals surface area contributed by atoms with Crippen LogP contribution in [0.4, 0.5) is 5.13 Å². The fraction of sp³-hybridized carbons (Fsp3) is 0.714. The maximum atomic E-state index is 11.1. The third-order valence-electron chi connectivity index (χ3n) is 3.72. The molecule has 2 rings (SSSR count). The molecule has 0 radical (unpaired) electrons. The van der Waals surface area contributed by atoms with Crippen LogP contribution in [0, 0.1) is 5.92 Å². The number of likely N-dealkylation sites (tertiary alicyclic amines) is 1. The van der Waals surface area contributed by atoms with Crippen molar-refractivity contribution in [3.63, 3.8) is 0 Å². The quantitative estimate of drug-likeness (QED) is 0.780. The summed E-state index contributed by atoms with van der Waals surface area (Å²) in [7, 11) is 1.41. The first-order chi connectivity index (χ1) is 9.71. The van der Waals surface area contributed by atoms with Crippen LogP contribution in [0.25, 0.3) is 0 Å². The van der Waals surface area contributed by atoms with Crippen molar-refractivity contribution < 1.29 is 9.53 Å². The van der Waals surface area contributed by atoms with E-state index < -0.39 is 0 Å². The van der Waals surface area contributed by atoms with Crippen LogP contribution < -0.4 is 5.32 Å². The van der Waals surface area contributed by atoms with Crippen LogP contribution >= 0.6 is 11.3 Å². The lowest BCUT2D eigenvalue weighted by Gasteiger charge is -2.13. The molecule has 0 amide bonds.